The summed E-state index contributed by atoms with van der Waals surface area (Å²) in [6, 6.07) is 8.27. The first-order chi connectivity index (χ1) is 8.54. The first-order valence-corrected chi connectivity index (χ1v) is 5.40. The standard InChI is InChI=1S/C13H14N2O3/c1-9(16)12(8-14)13(18)15-7-6-10-2-4-11(17)5-3-10/h2-5,16-17H,6-7H2,1H3,(H,15,18)/b12-9-. The van der Waals surface area contributed by atoms with Gasteiger partial charge in [-0.1, -0.05) is 12.1 Å². The predicted octanol–water partition coefficient (Wildman–Crippen LogP) is 1.41. The number of aliphatic hydroxyl groups excluding tert-OH is 1. The number of nitrogens with zero attached hydrogens (tertiary/aromatic N) is 1. The Morgan fingerprint density at radius 1 is 1.39 bits per heavy atom. The lowest BCUT2D eigenvalue weighted by molar-refractivity contribution is -0.117. The third-order valence-electron chi connectivity index (χ3n) is 2.34. The van der Waals surface area contributed by atoms with Crippen LogP contribution in [0, 0.1) is 11.3 Å². The van der Waals surface area contributed by atoms with E-state index in [0.717, 1.165) is 5.56 Å². The van der Waals surface area contributed by atoms with E-state index in [9.17, 15) is 4.79 Å². The van der Waals surface area contributed by atoms with Gasteiger partial charge in [0.2, 0.25) is 0 Å². The molecular weight excluding hydrogens is 232 g/mol. The van der Waals surface area contributed by atoms with Crippen LogP contribution in [0.15, 0.2) is 35.6 Å². The largest absolute Gasteiger partial charge is 0.511 e. The zero-order valence-corrected chi connectivity index (χ0v) is 9.97. The van der Waals surface area contributed by atoms with Gasteiger partial charge in [-0.2, -0.15) is 5.26 Å². The summed E-state index contributed by atoms with van der Waals surface area (Å²) in [6.45, 7) is 1.64. The van der Waals surface area contributed by atoms with Gasteiger partial charge in [0, 0.05) is 6.54 Å². The normalized spacial score (nSPS) is 11.3. The molecule has 5 nitrogen and oxygen atoms in total. The molecule has 1 amide bonds. The lowest BCUT2D eigenvalue weighted by Crippen LogP contribution is -2.27. The summed E-state index contributed by atoms with van der Waals surface area (Å²) in [4.78, 5) is 11.5. The molecule has 1 aromatic rings. The Balaban J connectivity index is 2.48. The summed E-state index contributed by atoms with van der Waals surface area (Å²) in [6.07, 6.45) is 0.579. The highest BCUT2D eigenvalue weighted by Gasteiger charge is 2.11. The molecule has 0 saturated carbocycles. The van der Waals surface area contributed by atoms with E-state index in [1.807, 2.05) is 0 Å². The second-order valence-corrected chi connectivity index (χ2v) is 3.74. The van der Waals surface area contributed by atoms with Crippen molar-refractivity contribution in [2.24, 2.45) is 0 Å². The van der Waals surface area contributed by atoms with Gasteiger partial charge in [0.15, 0.2) is 5.57 Å². The topological polar surface area (TPSA) is 93.3 Å². The third kappa shape index (κ3) is 3.83. The Hall–Kier alpha value is -2.48. The van der Waals surface area contributed by atoms with Gasteiger partial charge in [0.1, 0.15) is 17.6 Å². The van der Waals surface area contributed by atoms with Crippen LogP contribution in [0.5, 0.6) is 5.75 Å². The molecule has 0 aromatic heterocycles. The molecule has 0 unspecified atom stereocenters. The van der Waals surface area contributed by atoms with E-state index in [2.05, 4.69) is 5.32 Å². The van der Waals surface area contributed by atoms with Crippen molar-refractivity contribution < 1.29 is 15.0 Å². The fourth-order valence-electron chi connectivity index (χ4n) is 1.37. The van der Waals surface area contributed by atoms with Crippen LogP contribution in [0.3, 0.4) is 0 Å². The number of benzene rings is 1. The maximum atomic E-state index is 11.5. The van der Waals surface area contributed by atoms with Gasteiger partial charge >= 0.3 is 0 Å². The Bertz CT molecular complexity index is 494. The molecule has 0 aliphatic rings. The second-order valence-electron chi connectivity index (χ2n) is 3.74. The molecule has 0 atom stereocenters. The van der Waals surface area contributed by atoms with Crippen LogP contribution >= 0.6 is 0 Å². The molecule has 0 aliphatic carbocycles. The first-order valence-electron chi connectivity index (χ1n) is 5.40. The number of aliphatic hydroxyl groups is 1. The molecular formula is C13H14N2O3. The van der Waals surface area contributed by atoms with Crippen molar-refractivity contribution in [2.45, 2.75) is 13.3 Å². The maximum Gasteiger partial charge on any atom is 0.265 e. The van der Waals surface area contributed by atoms with Gasteiger partial charge in [-0.3, -0.25) is 4.79 Å². The van der Waals surface area contributed by atoms with Crippen molar-refractivity contribution in [3.8, 4) is 11.8 Å². The van der Waals surface area contributed by atoms with Crippen LogP contribution in [0.25, 0.3) is 0 Å². The number of nitrogens with one attached hydrogen (secondary N) is 1. The molecule has 0 radical (unpaired) electrons. The van der Waals surface area contributed by atoms with Gasteiger partial charge in [0.05, 0.1) is 0 Å². The van der Waals surface area contributed by atoms with E-state index >= 15 is 0 Å². The van der Waals surface area contributed by atoms with Crippen molar-refractivity contribution in [1.82, 2.24) is 5.32 Å². The Labute approximate surface area is 105 Å². The smallest absolute Gasteiger partial charge is 0.265 e. The summed E-state index contributed by atoms with van der Waals surface area (Å²) >= 11 is 0. The molecule has 0 bridgehead atoms. The molecule has 1 rings (SSSR count). The van der Waals surface area contributed by atoms with Crippen LogP contribution in [0.4, 0.5) is 0 Å². The van der Waals surface area contributed by atoms with Crippen LogP contribution in [-0.2, 0) is 11.2 Å². The zero-order chi connectivity index (χ0) is 13.5. The van der Waals surface area contributed by atoms with Crippen LogP contribution < -0.4 is 5.32 Å². The van der Waals surface area contributed by atoms with E-state index in [1.54, 1.807) is 30.3 Å². The van der Waals surface area contributed by atoms with E-state index in [4.69, 9.17) is 15.5 Å². The van der Waals surface area contributed by atoms with Crippen molar-refractivity contribution in [3.63, 3.8) is 0 Å². The lowest BCUT2D eigenvalue weighted by atomic mass is 10.1. The van der Waals surface area contributed by atoms with Crippen molar-refractivity contribution >= 4 is 5.91 Å². The zero-order valence-electron chi connectivity index (χ0n) is 9.97. The van der Waals surface area contributed by atoms with Gasteiger partial charge in [-0.25, -0.2) is 0 Å². The Kier molecular flexibility index (Phi) is 4.76. The summed E-state index contributed by atoms with van der Waals surface area (Å²) in [5.74, 6) is -0.690. The number of carbonyl (C=O) groups is 1. The third-order valence-corrected chi connectivity index (χ3v) is 2.34. The number of allylic oxidation sites excluding steroid dienone is 1. The molecule has 1 aromatic carbocycles. The molecule has 3 N–H and O–H groups in total. The van der Waals surface area contributed by atoms with E-state index in [-0.39, 0.29) is 17.1 Å². The Morgan fingerprint density at radius 3 is 2.50 bits per heavy atom. The monoisotopic (exact) mass is 246 g/mol. The van der Waals surface area contributed by atoms with Gasteiger partial charge in [-0.05, 0) is 31.0 Å². The summed E-state index contributed by atoms with van der Waals surface area (Å²) in [7, 11) is 0. The highest BCUT2D eigenvalue weighted by molar-refractivity contribution is 5.97. The molecule has 0 heterocycles. The highest BCUT2D eigenvalue weighted by atomic mass is 16.3. The summed E-state index contributed by atoms with van der Waals surface area (Å²) < 4.78 is 0. The van der Waals surface area contributed by atoms with Crippen molar-refractivity contribution in [1.29, 1.82) is 5.26 Å². The number of nitriles is 1. The first kappa shape index (κ1) is 13.6. The predicted molar refractivity (Wildman–Crippen MR) is 65.8 cm³/mol. The molecule has 18 heavy (non-hydrogen) atoms. The molecule has 5 heteroatoms. The minimum atomic E-state index is -0.587. The number of rotatable bonds is 4. The minimum absolute atomic E-state index is 0.188. The molecule has 94 valence electrons. The highest BCUT2D eigenvalue weighted by Crippen LogP contribution is 2.09. The SMILES string of the molecule is C/C(O)=C(\C#N)C(=O)NCCc1ccc(O)cc1. The molecule has 0 saturated heterocycles. The lowest BCUT2D eigenvalue weighted by Gasteiger charge is -2.05. The van der Waals surface area contributed by atoms with Gasteiger partial charge < -0.3 is 15.5 Å². The van der Waals surface area contributed by atoms with E-state index in [1.165, 1.54) is 6.92 Å². The summed E-state index contributed by atoms with van der Waals surface area (Å²) in [5, 5.41) is 29.4. The van der Waals surface area contributed by atoms with Crippen molar-refractivity contribution in [2.75, 3.05) is 6.54 Å². The second kappa shape index (κ2) is 6.30. The average molecular weight is 246 g/mol. The van der Waals surface area contributed by atoms with E-state index in [0.29, 0.717) is 13.0 Å². The van der Waals surface area contributed by atoms with Crippen molar-refractivity contribution in [3.05, 3.63) is 41.2 Å². The fraction of sp³-hybridized carbons (Fsp3) is 0.231. The number of phenolic OH excluding ortho intramolecular Hbond substituents is 1. The van der Waals surface area contributed by atoms with Crippen LogP contribution in [0.2, 0.25) is 0 Å². The number of phenols is 1. The quantitative estimate of drug-likeness (QED) is 0.425. The molecule has 0 aliphatic heterocycles. The number of amides is 1. The van der Waals surface area contributed by atoms with Crippen LogP contribution in [0.1, 0.15) is 12.5 Å². The Morgan fingerprint density at radius 2 is 2.00 bits per heavy atom. The number of hydrogen-bond acceptors (Lipinski definition) is 4. The van der Waals surface area contributed by atoms with E-state index < -0.39 is 5.91 Å². The fourth-order valence-corrected chi connectivity index (χ4v) is 1.37. The van der Waals surface area contributed by atoms with Gasteiger partial charge in [0.25, 0.3) is 5.91 Å². The molecule has 0 spiro atoms. The maximum absolute atomic E-state index is 11.5. The molecule has 0 fully saturated rings. The van der Waals surface area contributed by atoms with Crippen LogP contribution in [-0.4, -0.2) is 22.7 Å². The number of aromatic hydroxyl groups is 1. The number of carbonyl (C=O) groups excluding carboxylic acids is 1. The van der Waals surface area contributed by atoms with Gasteiger partial charge in [-0.15, -0.1) is 0 Å². The number of hydrogen-bond donors (Lipinski definition) is 3. The minimum Gasteiger partial charge on any atom is -0.511 e. The average Bonchev–Trinajstić information content (AvgIpc) is 2.32. The summed E-state index contributed by atoms with van der Waals surface area (Å²) in [5.41, 5.74) is 0.678.